The third kappa shape index (κ3) is 7.79. The van der Waals surface area contributed by atoms with Crippen molar-refractivity contribution < 1.29 is 22.8 Å². The third-order valence-electron chi connectivity index (χ3n) is 5.75. The van der Waals surface area contributed by atoms with Crippen LogP contribution in [0.1, 0.15) is 20.3 Å². The van der Waals surface area contributed by atoms with Gasteiger partial charge in [-0.15, -0.1) is 0 Å². The molecule has 1 aliphatic rings. The number of hydrogen-bond acceptors (Lipinski definition) is 5. The molecule has 0 aromatic heterocycles. The highest BCUT2D eigenvalue weighted by molar-refractivity contribution is 7.89. The molecule has 4 amide bonds. The number of nitrogens with one attached hydrogen (secondary N) is 3. The number of amides is 4. The van der Waals surface area contributed by atoms with E-state index in [4.69, 9.17) is 0 Å². The molecule has 10 nitrogen and oxygen atoms in total. The van der Waals surface area contributed by atoms with Crippen LogP contribution in [0, 0.1) is 5.92 Å². The van der Waals surface area contributed by atoms with Crippen molar-refractivity contribution in [3.63, 3.8) is 0 Å². The zero-order valence-electron chi connectivity index (χ0n) is 20.5. The number of piperazine rings is 1. The van der Waals surface area contributed by atoms with Crippen molar-refractivity contribution in [2.45, 2.75) is 31.2 Å². The SMILES string of the molecule is CC(C)C[C@H](NC(=O)Nc1ccccc1)C(=O)N1CCN(C(=O)CNS(=O)(=O)c2ccccc2)CC1. The molecule has 3 N–H and O–H groups in total. The molecule has 1 atom stereocenters. The van der Waals surface area contributed by atoms with Crippen LogP contribution in [0.25, 0.3) is 0 Å². The van der Waals surface area contributed by atoms with E-state index in [1.54, 1.807) is 47.4 Å². The number of carbonyl (C=O) groups is 3. The molecule has 0 aliphatic carbocycles. The molecule has 3 rings (SSSR count). The highest BCUT2D eigenvalue weighted by Crippen LogP contribution is 2.12. The highest BCUT2D eigenvalue weighted by Gasteiger charge is 2.30. The van der Waals surface area contributed by atoms with Crippen molar-refractivity contribution in [2.24, 2.45) is 5.92 Å². The van der Waals surface area contributed by atoms with Gasteiger partial charge in [-0.3, -0.25) is 9.59 Å². The number of urea groups is 1. The van der Waals surface area contributed by atoms with Crippen molar-refractivity contribution in [2.75, 3.05) is 38.0 Å². The van der Waals surface area contributed by atoms with Crippen molar-refractivity contribution in [1.82, 2.24) is 19.8 Å². The molecule has 0 spiro atoms. The fraction of sp³-hybridized carbons (Fsp3) is 0.400. The molecule has 2 aromatic carbocycles. The Morgan fingerprint density at radius 3 is 2.00 bits per heavy atom. The van der Waals surface area contributed by atoms with E-state index in [0.29, 0.717) is 25.2 Å². The molecule has 194 valence electrons. The first-order chi connectivity index (χ1) is 17.2. The summed E-state index contributed by atoms with van der Waals surface area (Å²) in [7, 11) is -3.78. The summed E-state index contributed by atoms with van der Waals surface area (Å²) >= 11 is 0. The topological polar surface area (TPSA) is 128 Å². The second kappa shape index (κ2) is 12.5. The Morgan fingerprint density at radius 2 is 1.42 bits per heavy atom. The molecule has 2 aromatic rings. The molecule has 0 saturated carbocycles. The Labute approximate surface area is 212 Å². The highest BCUT2D eigenvalue weighted by atomic mass is 32.2. The number of benzene rings is 2. The Balaban J connectivity index is 1.51. The van der Waals surface area contributed by atoms with Crippen LogP contribution in [-0.4, -0.2) is 74.8 Å². The van der Waals surface area contributed by atoms with Crippen LogP contribution < -0.4 is 15.4 Å². The second-order valence-corrected chi connectivity index (χ2v) is 10.8. The van der Waals surface area contributed by atoms with Gasteiger partial charge in [0.25, 0.3) is 0 Å². The summed E-state index contributed by atoms with van der Waals surface area (Å²) in [4.78, 5) is 41.5. The van der Waals surface area contributed by atoms with Gasteiger partial charge in [0.15, 0.2) is 0 Å². The second-order valence-electron chi connectivity index (χ2n) is 8.99. The smallest absolute Gasteiger partial charge is 0.319 e. The van der Waals surface area contributed by atoms with Gasteiger partial charge in [-0.05, 0) is 36.6 Å². The summed E-state index contributed by atoms with van der Waals surface area (Å²) in [5, 5.41) is 5.52. The molecule has 0 radical (unpaired) electrons. The van der Waals surface area contributed by atoms with Crippen LogP contribution in [0.5, 0.6) is 0 Å². The maximum atomic E-state index is 13.2. The molecule has 1 fully saturated rings. The summed E-state index contributed by atoms with van der Waals surface area (Å²) in [5.41, 5.74) is 0.626. The van der Waals surface area contributed by atoms with Crippen LogP contribution in [0.15, 0.2) is 65.6 Å². The number of hydrogen-bond donors (Lipinski definition) is 3. The van der Waals surface area contributed by atoms with Crippen molar-refractivity contribution in [3.05, 3.63) is 60.7 Å². The van der Waals surface area contributed by atoms with Crippen molar-refractivity contribution >= 4 is 33.6 Å². The first kappa shape index (κ1) is 27.2. The lowest BCUT2D eigenvalue weighted by Crippen LogP contribution is -2.57. The number of rotatable bonds is 9. The number of carbonyl (C=O) groups excluding carboxylic acids is 3. The zero-order chi connectivity index (χ0) is 26.1. The van der Waals surface area contributed by atoms with Crippen molar-refractivity contribution in [3.8, 4) is 0 Å². The Kier molecular flexibility index (Phi) is 9.43. The van der Waals surface area contributed by atoms with Gasteiger partial charge in [0.2, 0.25) is 21.8 Å². The molecular weight excluding hydrogens is 482 g/mol. The molecule has 11 heteroatoms. The maximum absolute atomic E-state index is 13.2. The van der Waals surface area contributed by atoms with E-state index >= 15 is 0 Å². The Bertz CT molecular complexity index is 1130. The van der Waals surface area contributed by atoms with Crippen LogP contribution >= 0.6 is 0 Å². The minimum atomic E-state index is -3.78. The number of nitrogens with zero attached hydrogens (tertiary/aromatic N) is 2. The molecule has 1 heterocycles. The van der Waals surface area contributed by atoms with Gasteiger partial charge < -0.3 is 20.4 Å². The monoisotopic (exact) mass is 515 g/mol. The van der Waals surface area contributed by atoms with Crippen LogP contribution in [0.2, 0.25) is 0 Å². The summed E-state index contributed by atoms with van der Waals surface area (Å²) in [6, 6.07) is 15.7. The lowest BCUT2D eigenvalue weighted by molar-refractivity contribution is -0.140. The number of sulfonamides is 1. The van der Waals surface area contributed by atoms with Crippen LogP contribution in [0.3, 0.4) is 0 Å². The van der Waals surface area contributed by atoms with Gasteiger partial charge in [-0.25, -0.2) is 17.9 Å². The lowest BCUT2D eigenvalue weighted by Gasteiger charge is -2.36. The van der Waals surface area contributed by atoms with Gasteiger partial charge >= 0.3 is 6.03 Å². The van der Waals surface area contributed by atoms with E-state index < -0.39 is 22.1 Å². The normalized spacial score (nSPS) is 14.9. The minimum absolute atomic E-state index is 0.0909. The average Bonchev–Trinajstić information content (AvgIpc) is 2.87. The van der Waals surface area contributed by atoms with E-state index in [1.165, 1.54) is 17.0 Å². The fourth-order valence-corrected chi connectivity index (χ4v) is 4.88. The number of anilines is 1. The standard InChI is InChI=1S/C25H33N5O5S/c1-19(2)17-22(28-25(33)27-20-9-5-3-6-10-20)24(32)30-15-13-29(14-16-30)23(31)18-26-36(34,35)21-11-7-4-8-12-21/h3-12,19,22,26H,13-18H2,1-2H3,(H2,27,28,33)/t22-/m0/s1. The van der Waals surface area contributed by atoms with Gasteiger partial charge in [0, 0.05) is 31.9 Å². The molecular formula is C25H33N5O5S. The Hall–Kier alpha value is -3.44. The Morgan fingerprint density at radius 1 is 0.861 bits per heavy atom. The van der Waals surface area contributed by atoms with E-state index in [0.717, 1.165) is 0 Å². The molecule has 1 aliphatic heterocycles. The van der Waals surface area contributed by atoms with E-state index in [1.807, 2.05) is 19.9 Å². The quantitative estimate of drug-likeness (QED) is 0.470. The first-order valence-electron chi connectivity index (χ1n) is 11.9. The maximum Gasteiger partial charge on any atom is 0.319 e. The summed E-state index contributed by atoms with van der Waals surface area (Å²) in [6.07, 6.45) is 0.474. The summed E-state index contributed by atoms with van der Waals surface area (Å²) < 4.78 is 27.0. The molecule has 0 unspecified atom stereocenters. The largest absolute Gasteiger partial charge is 0.338 e. The van der Waals surface area contributed by atoms with Crippen LogP contribution in [0.4, 0.5) is 10.5 Å². The van der Waals surface area contributed by atoms with Crippen molar-refractivity contribution in [1.29, 1.82) is 0 Å². The summed E-state index contributed by atoms with van der Waals surface area (Å²) in [5.74, 6) is -0.388. The van der Waals surface area contributed by atoms with E-state index in [2.05, 4.69) is 15.4 Å². The fourth-order valence-electron chi connectivity index (χ4n) is 3.89. The minimum Gasteiger partial charge on any atom is -0.338 e. The predicted molar refractivity (Wildman–Crippen MR) is 137 cm³/mol. The third-order valence-corrected chi connectivity index (χ3v) is 7.17. The number of para-hydroxylation sites is 1. The van der Waals surface area contributed by atoms with Gasteiger partial charge in [0.05, 0.1) is 11.4 Å². The summed E-state index contributed by atoms with van der Waals surface area (Å²) in [6.45, 7) is 4.75. The lowest BCUT2D eigenvalue weighted by atomic mass is 10.0. The van der Waals surface area contributed by atoms with Gasteiger partial charge in [-0.1, -0.05) is 50.2 Å². The molecule has 0 bridgehead atoms. The molecule has 36 heavy (non-hydrogen) atoms. The molecule has 1 saturated heterocycles. The van der Waals surface area contributed by atoms with E-state index in [-0.39, 0.29) is 42.3 Å². The van der Waals surface area contributed by atoms with Gasteiger partial charge in [-0.2, -0.15) is 0 Å². The van der Waals surface area contributed by atoms with Gasteiger partial charge in [0.1, 0.15) is 6.04 Å². The van der Waals surface area contributed by atoms with Crippen LogP contribution in [-0.2, 0) is 19.6 Å². The predicted octanol–water partition coefficient (Wildman–Crippen LogP) is 1.87. The zero-order valence-corrected chi connectivity index (χ0v) is 21.3. The average molecular weight is 516 g/mol. The first-order valence-corrected chi connectivity index (χ1v) is 13.4. The van der Waals surface area contributed by atoms with E-state index in [9.17, 15) is 22.8 Å².